The van der Waals surface area contributed by atoms with Crippen molar-refractivity contribution in [2.24, 2.45) is 0 Å². The van der Waals surface area contributed by atoms with E-state index in [4.69, 9.17) is 4.42 Å². The number of benzene rings is 1. The first-order valence-corrected chi connectivity index (χ1v) is 12.2. The first-order chi connectivity index (χ1) is 15.2. The molecule has 0 radical (unpaired) electrons. The molecule has 168 valence electrons. The van der Waals surface area contributed by atoms with Gasteiger partial charge < -0.3 is 14.2 Å². The van der Waals surface area contributed by atoms with Crippen molar-refractivity contribution in [1.29, 1.82) is 0 Å². The summed E-state index contributed by atoms with van der Waals surface area (Å²) >= 11 is 1.00. The molecule has 4 rings (SSSR count). The van der Waals surface area contributed by atoms with Gasteiger partial charge in [0.25, 0.3) is 21.8 Å². The molecular weight excluding hydrogens is 452 g/mol. The van der Waals surface area contributed by atoms with Crippen LogP contribution in [0.4, 0.5) is 5.13 Å². The number of furan rings is 1. The minimum atomic E-state index is -3.80. The second kappa shape index (κ2) is 8.75. The lowest BCUT2D eigenvalue weighted by atomic mass is 10.2. The van der Waals surface area contributed by atoms with Crippen molar-refractivity contribution in [3.63, 3.8) is 0 Å². The Hall–Kier alpha value is -3.18. The van der Waals surface area contributed by atoms with E-state index in [0.717, 1.165) is 16.9 Å². The van der Waals surface area contributed by atoms with Crippen LogP contribution in [0.25, 0.3) is 0 Å². The van der Waals surface area contributed by atoms with Gasteiger partial charge in [0.2, 0.25) is 0 Å². The summed E-state index contributed by atoms with van der Waals surface area (Å²) in [6.07, 6.45) is 1.45. The van der Waals surface area contributed by atoms with Gasteiger partial charge in [-0.05, 0) is 38.1 Å². The van der Waals surface area contributed by atoms with Crippen molar-refractivity contribution < 1.29 is 22.4 Å². The third kappa shape index (κ3) is 4.53. The average Bonchev–Trinajstić information content (AvgIpc) is 3.43. The lowest BCUT2D eigenvalue weighted by Gasteiger charge is -2.34. The van der Waals surface area contributed by atoms with Gasteiger partial charge in [-0.25, -0.2) is 13.4 Å². The lowest BCUT2D eigenvalue weighted by molar-refractivity contribution is 0.0520. The molecule has 32 heavy (non-hydrogen) atoms. The zero-order valence-electron chi connectivity index (χ0n) is 17.6. The molecule has 1 aliphatic heterocycles. The van der Waals surface area contributed by atoms with Crippen LogP contribution in [-0.4, -0.2) is 61.2 Å². The van der Waals surface area contributed by atoms with E-state index in [1.54, 1.807) is 41.0 Å². The highest BCUT2D eigenvalue weighted by atomic mass is 32.2. The second-order valence-corrected chi connectivity index (χ2v) is 10.1. The third-order valence-electron chi connectivity index (χ3n) is 5.13. The Balaban J connectivity index is 1.42. The van der Waals surface area contributed by atoms with Gasteiger partial charge in [-0.1, -0.05) is 29.0 Å². The van der Waals surface area contributed by atoms with Crippen molar-refractivity contribution in [3.8, 4) is 0 Å². The maximum Gasteiger partial charge on any atom is 0.289 e. The zero-order valence-corrected chi connectivity index (χ0v) is 19.2. The van der Waals surface area contributed by atoms with Crippen LogP contribution in [0.2, 0.25) is 0 Å². The number of anilines is 1. The van der Waals surface area contributed by atoms with Crippen molar-refractivity contribution in [2.75, 3.05) is 30.9 Å². The molecule has 9 nitrogen and oxygen atoms in total. The smallest absolute Gasteiger partial charge is 0.289 e. The first-order valence-electron chi connectivity index (χ1n) is 9.93. The first kappa shape index (κ1) is 22.0. The zero-order chi connectivity index (χ0) is 22.9. The van der Waals surface area contributed by atoms with Gasteiger partial charge in [0.1, 0.15) is 4.88 Å². The normalized spacial score (nSPS) is 14.4. The van der Waals surface area contributed by atoms with Crippen LogP contribution in [0.1, 0.15) is 31.5 Å². The topological polar surface area (TPSA) is 113 Å². The van der Waals surface area contributed by atoms with E-state index in [1.165, 1.54) is 18.4 Å². The molecule has 1 fully saturated rings. The van der Waals surface area contributed by atoms with E-state index >= 15 is 0 Å². The molecule has 0 atom stereocenters. The Bertz CT molecular complexity index is 1230. The fraction of sp³-hybridized carbons (Fsp3) is 0.286. The summed E-state index contributed by atoms with van der Waals surface area (Å²) in [5.41, 5.74) is 1.41. The molecule has 0 aliphatic carbocycles. The average molecular weight is 475 g/mol. The standard InChI is InChI=1S/C21H22N4O5S2/c1-14-5-7-16(8-6-14)32(28,29)23-21-22-15(2)18(31-21)20(27)25-11-9-24(10-12-25)19(26)17-4-3-13-30-17/h3-8,13H,9-12H2,1-2H3,(H,22,23). The quantitative estimate of drug-likeness (QED) is 0.608. The van der Waals surface area contributed by atoms with Gasteiger partial charge in [-0.15, -0.1) is 0 Å². The second-order valence-electron chi connectivity index (χ2n) is 7.41. The van der Waals surface area contributed by atoms with Crippen LogP contribution in [0.15, 0.2) is 52.0 Å². The SMILES string of the molecule is Cc1ccc(S(=O)(=O)Nc2nc(C)c(C(=O)N3CCN(C(=O)c4ccco4)CC3)s2)cc1. The number of piperazine rings is 1. The number of amides is 2. The lowest BCUT2D eigenvalue weighted by Crippen LogP contribution is -2.50. The Morgan fingerprint density at radius 1 is 1.00 bits per heavy atom. The Morgan fingerprint density at radius 2 is 1.62 bits per heavy atom. The molecule has 1 aliphatic rings. The monoisotopic (exact) mass is 474 g/mol. The van der Waals surface area contributed by atoms with Crippen LogP contribution in [0.5, 0.6) is 0 Å². The predicted molar refractivity (Wildman–Crippen MR) is 119 cm³/mol. The van der Waals surface area contributed by atoms with Crippen LogP contribution >= 0.6 is 11.3 Å². The molecule has 1 saturated heterocycles. The number of hydrogen-bond donors (Lipinski definition) is 1. The molecule has 2 aromatic heterocycles. The summed E-state index contributed by atoms with van der Waals surface area (Å²) in [6.45, 7) is 5.05. The third-order valence-corrected chi connectivity index (χ3v) is 7.67. The number of thiazole rings is 1. The van der Waals surface area contributed by atoms with E-state index in [0.29, 0.717) is 36.8 Å². The maximum atomic E-state index is 13.0. The number of hydrogen-bond acceptors (Lipinski definition) is 7. The summed E-state index contributed by atoms with van der Waals surface area (Å²) < 4.78 is 32.8. The maximum absolute atomic E-state index is 13.0. The van der Waals surface area contributed by atoms with Crippen LogP contribution in [0, 0.1) is 13.8 Å². The number of aromatic nitrogens is 1. The fourth-order valence-corrected chi connectivity index (χ4v) is 5.51. The van der Waals surface area contributed by atoms with E-state index in [1.807, 2.05) is 6.92 Å². The molecular formula is C21H22N4O5S2. The van der Waals surface area contributed by atoms with Crippen molar-refractivity contribution in [2.45, 2.75) is 18.7 Å². The number of rotatable bonds is 5. The van der Waals surface area contributed by atoms with Crippen molar-refractivity contribution in [3.05, 3.63) is 64.6 Å². The Kier molecular flexibility index (Phi) is 6.02. The van der Waals surface area contributed by atoms with Crippen molar-refractivity contribution in [1.82, 2.24) is 14.8 Å². The molecule has 0 saturated carbocycles. The highest BCUT2D eigenvalue weighted by Crippen LogP contribution is 2.27. The van der Waals surface area contributed by atoms with Crippen molar-refractivity contribution >= 4 is 38.3 Å². The van der Waals surface area contributed by atoms with E-state index in [-0.39, 0.29) is 27.6 Å². The number of nitrogens with one attached hydrogen (secondary N) is 1. The minimum Gasteiger partial charge on any atom is -0.459 e. The number of nitrogens with zero attached hydrogens (tertiary/aromatic N) is 3. The Morgan fingerprint density at radius 3 is 2.22 bits per heavy atom. The van der Waals surface area contributed by atoms with Crippen LogP contribution in [0.3, 0.4) is 0 Å². The highest BCUT2D eigenvalue weighted by Gasteiger charge is 2.29. The molecule has 3 heterocycles. The summed E-state index contributed by atoms with van der Waals surface area (Å²) in [7, 11) is -3.80. The number of aryl methyl sites for hydroxylation is 2. The highest BCUT2D eigenvalue weighted by molar-refractivity contribution is 7.93. The molecule has 3 aromatic rings. The molecule has 1 N–H and O–H groups in total. The Labute approximate surface area is 189 Å². The number of carbonyl (C=O) groups is 2. The van der Waals surface area contributed by atoms with E-state index in [2.05, 4.69) is 9.71 Å². The minimum absolute atomic E-state index is 0.126. The predicted octanol–water partition coefficient (Wildman–Crippen LogP) is 2.75. The number of sulfonamides is 1. The molecule has 0 spiro atoms. The number of carbonyl (C=O) groups excluding carboxylic acids is 2. The molecule has 2 amide bonds. The summed E-state index contributed by atoms with van der Waals surface area (Å²) in [5, 5.41) is 0.137. The van der Waals surface area contributed by atoms with Gasteiger partial charge in [0, 0.05) is 26.2 Å². The van der Waals surface area contributed by atoms with Gasteiger partial charge in [0.05, 0.1) is 16.9 Å². The van der Waals surface area contributed by atoms with Gasteiger partial charge in [-0.2, -0.15) is 0 Å². The molecule has 0 bridgehead atoms. The van der Waals surface area contributed by atoms with Gasteiger partial charge in [-0.3, -0.25) is 14.3 Å². The van der Waals surface area contributed by atoms with E-state index < -0.39 is 10.0 Å². The summed E-state index contributed by atoms with van der Waals surface area (Å²) in [5.74, 6) is -0.164. The van der Waals surface area contributed by atoms with Crippen LogP contribution in [-0.2, 0) is 10.0 Å². The molecule has 11 heteroatoms. The molecule has 0 unspecified atom stereocenters. The molecule has 1 aromatic carbocycles. The largest absolute Gasteiger partial charge is 0.459 e. The summed E-state index contributed by atoms with van der Waals surface area (Å²) in [6, 6.07) is 9.74. The van der Waals surface area contributed by atoms with Gasteiger partial charge in [0.15, 0.2) is 10.9 Å². The fourth-order valence-electron chi connectivity index (χ4n) is 3.34. The van der Waals surface area contributed by atoms with Crippen LogP contribution < -0.4 is 4.72 Å². The summed E-state index contributed by atoms with van der Waals surface area (Å²) in [4.78, 5) is 33.4. The van der Waals surface area contributed by atoms with E-state index in [9.17, 15) is 18.0 Å². The van der Waals surface area contributed by atoms with Gasteiger partial charge >= 0.3 is 0 Å².